The van der Waals surface area contributed by atoms with Gasteiger partial charge < -0.3 is 9.47 Å². The van der Waals surface area contributed by atoms with Crippen molar-refractivity contribution in [3.8, 4) is 6.07 Å². The fraction of sp³-hybridized carbons (Fsp3) is 0.360. The molecule has 0 aliphatic carbocycles. The predicted octanol–water partition coefficient (Wildman–Crippen LogP) is 3.20. The lowest BCUT2D eigenvalue weighted by Gasteiger charge is -2.30. The molecule has 1 aliphatic heterocycles. The highest BCUT2D eigenvalue weighted by molar-refractivity contribution is 5.89. The lowest BCUT2D eigenvalue weighted by atomic mass is 10.1. The van der Waals surface area contributed by atoms with Crippen molar-refractivity contribution in [1.82, 2.24) is 23.9 Å². The molecule has 0 N–H and O–H groups in total. The Labute approximate surface area is 192 Å². The summed E-state index contributed by atoms with van der Waals surface area (Å²) in [6.07, 6.45) is 4.90. The summed E-state index contributed by atoms with van der Waals surface area (Å²) in [6.45, 7) is 4.57. The van der Waals surface area contributed by atoms with Crippen LogP contribution in [-0.2, 0) is 20.1 Å². The maximum Gasteiger partial charge on any atom is 0.278 e. The predicted molar refractivity (Wildman–Crippen MR) is 127 cm³/mol. The maximum atomic E-state index is 13.8. The molecule has 5 rings (SSSR count). The van der Waals surface area contributed by atoms with Gasteiger partial charge in [-0.05, 0) is 37.8 Å². The highest BCUT2D eigenvalue weighted by Gasteiger charge is 2.27. The second-order valence-corrected chi connectivity index (χ2v) is 8.71. The van der Waals surface area contributed by atoms with Crippen LogP contribution < -0.4 is 10.5 Å². The van der Waals surface area contributed by atoms with Gasteiger partial charge in [0, 0.05) is 26.7 Å². The van der Waals surface area contributed by atoms with Gasteiger partial charge in [0.05, 0.1) is 24.3 Å². The third-order valence-electron chi connectivity index (χ3n) is 6.38. The van der Waals surface area contributed by atoms with Crippen molar-refractivity contribution in [3.05, 3.63) is 75.6 Å². The van der Waals surface area contributed by atoms with Gasteiger partial charge >= 0.3 is 0 Å². The molecule has 0 atom stereocenters. The molecule has 4 aromatic rings. The molecule has 3 aromatic heterocycles. The maximum absolute atomic E-state index is 13.8. The van der Waals surface area contributed by atoms with E-state index in [4.69, 9.17) is 0 Å². The van der Waals surface area contributed by atoms with Gasteiger partial charge in [-0.3, -0.25) is 14.0 Å². The van der Waals surface area contributed by atoms with Crippen molar-refractivity contribution in [2.24, 2.45) is 7.05 Å². The van der Waals surface area contributed by atoms with Crippen molar-refractivity contribution >= 4 is 16.9 Å². The summed E-state index contributed by atoms with van der Waals surface area (Å²) in [6, 6.07) is 14.4. The zero-order valence-electron chi connectivity index (χ0n) is 19.0. The molecule has 0 spiro atoms. The molecule has 0 bridgehead atoms. The van der Waals surface area contributed by atoms with Gasteiger partial charge in [0.25, 0.3) is 5.56 Å². The van der Waals surface area contributed by atoms with Crippen LogP contribution in [0.3, 0.4) is 0 Å². The number of nitriles is 1. The molecule has 1 fully saturated rings. The number of hydrogen-bond donors (Lipinski definition) is 0. The third-order valence-corrected chi connectivity index (χ3v) is 6.38. The average molecular weight is 442 g/mol. The lowest BCUT2D eigenvalue weighted by Crippen LogP contribution is -2.32. The molecule has 4 heterocycles. The van der Waals surface area contributed by atoms with Crippen LogP contribution in [0.25, 0.3) is 11.0 Å². The molecule has 1 saturated heterocycles. The molecular formula is C25H27N7O. The smallest absolute Gasteiger partial charge is 0.278 e. The van der Waals surface area contributed by atoms with Crippen LogP contribution >= 0.6 is 0 Å². The molecule has 8 nitrogen and oxygen atoms in total. The molecule has 0 unspecified atom stereocenters. The summed E-state index contributed by atoms with van der Waals surface area (Å²) >= 11 is 0. The van der Waals surface area contributed by atoms with E-state index in [1.165, 1.54) is 6.42 Å². The summed E-state index contributed by atoms with van der Waals surface area (Å²) in [5.74, 6) is 0.815. The summed E-state index contributed by atoms with van der Waals surface area (Å²) in [5, 5.41) is 14.5. The van der Waals surface area contributed by atoms with E-state index < -0.39 is 0 Å². The normalized spacial score (nSPS) is 14.0. The lowest BCUT2D eigenvalue weighted by molar-refractivity contribution is 0.564. The molecule has 33 heavy (non-hydrogen) atoms. The van der Waals surface area contributed by atoms with Gasteiger partial charge in [-0.15, -0.1) is 0 Å². The minimum atomic E-state index is -0.144. The number of anilines is 1. The summed E-state index contributed by atoms with van der Waals surface area (Å²) in [4.78, 5) is 20.6. The molecule has 1 aromatic carbocycles. The standard InChI is InChI=1S/C25H27N7O/c1-18-13-20(29(2)28-18)16-31-17-27-22-21(14-26)24(30-11-7-4-8-12-30)32(23(22)25(31)33)15-19-9-5-3-6-10-19/h3,5-6,9-10,13,17H,4,7-8,11-12,15-16H2,1-2H3. The Balaban J connectivity index is 1.71. The molecule has 0 saturated carbocycles. The fourth-order valence-corrected chi connectivity index (χ4v) is 4.81. The van der Waals surface area contributed by atoms with Crippen molar-refractivity contribution in [3.63, 3.8) is 0 Å². The quantitative estimate of drug-likeness (QED) is 0.475. The number of rotatable bonds is 5. The Kier molecular flexibility index (Phi) is 5.47. The second-order valence-electron chi connectivity index (χ2n) is 8.71. The van der Waals surface area contributed by atoms with E-state index >= 15 is 0 Å². The Bertz CT molecular complexity index is 1400. The minimum Gasteiger partial charge on any atom is -0.357 e. The third kappa shape index (κ3) is 3.80. The highest BCUT2D eigenvalue weighted by atomic mass is 16.1. The first-order valence-electron chi connectivity index (χ1n) is 11.4. The molecule has 0 radical (unpaired) electrons. The SMILES string of the molecule is Cc1cc(Cn2cnc3c(C#N)c(N4CCCCC4)n(Cc4ccccc4)c3c2=O)n(C)n1. The number of benzene rings is 1. The van der Waals surface area contributed by atoms with Crippen molar-refractivity contribution < 1.29 is 0 Å². The van der Waals surface area contributed by atoms with Crippen LogP contribution in [-0.4, -0.2) is 37.0 Å². The Morgan fingerprint density at radius 1 is 1.09 bits per heavy atom. The number of nitrogens with zero attached hydrogens (tertiary/aromatic N) is 7. The summed E-state index contributed by atoms with van der Waals surface area (Å²) in [7, 11) is 1.87. The number of fused-ring (bicyclic) bond motifs is 1. The second kappa shape index (κ2) is 8.58. The van der Waals surface area contributed by atoms with Crippen molar-refractivity contribution in [2.75, 3.05) is 18.0 Å². The average Bonchev–Trinajstić information content (AvgIpc) is 3.32. The molecule has 168 valence electrons. The monoisotopic (exact) mass is 441 g/mol. The Hall–Kier alpha value is -3.86. The van der Waals surface area contributed by atoms with Gasteiger partial charge in [-0.2, -0.15) is 10.4 Å². The zero-order chi connectivity index (χ0) is 22.9. The van der Waals surface area contributed by atoms with Crippen molar-refractivity contribution in [1.29, 1.82) is 5.26 Å². The van der Waals surface area contributed by atoms with E-state index in [2.05, 4.69) is 21.1 Å². The zero-order valence-corrected chi connectivity index (χ0v) is 19.0. The highest BCUT2D eigenvalue weighted by Crippen LogP contribution is 2.32. The van der Waals surface area contributed by atoms with Crippen molar-refractivity contribution in [2.45, 2.75) is 39.3 Å². The number of aromatic nitrogens is 5. The van der Waals surface area contributed by atoms with E-state index in [0.29, 0.717) is 29.7 Å². The Morgan fingerprint density at radius 2 is 1.85 bits per heavy atom. The molecular weight excluding hydrogens is 414 g/mol. The minimum absolute atomic E-state index is 0.144. The van der Waals surface area contributed by atoms with E-state index in [9.17, 15) is 10.1 Å². The molecule has 0 amide bonds. The van der Waals surface area contributed by atoms with E-state index in [1.807, 2.05) is 54.9 Å². The fourth-order valence-electron chi connectivity index (χ4n) is 4.81. The first kappa shape index (κ1) is 21.0. The van der Waals surface area contributed by atoms with E-state index in [-0.39, 0.29) is 5.56 Å². The number of aryl methyl sites for hydroxylation is 2. The first-order valence-corrected chi connectivity index (χ1v) is 11.4. The molecule has 1 aliphatic rings. The Morgan fingerprint density at radius 3 is 2.52 bits per heavy atom. The van der Waals surface area contributed by atoms with Crippen LogP contribution in [0.2, 0.25) is 0 Å². The van der Waals surface area contributed by atoms with E-state index in [1.54, 1.807) is 15.6 Å². The topological polar surface area (TPSA) is 84.7 Å². The van der Waals surface area contributed by atoms with E-state index in [0.717, 1.165) is 48.7 Å². The number of hydrogen-bond acceptors (Lipinski definition) is 5. The van der Waals surface area contributed by atoms with Crippen LogP contribution in [0.4, 0.5) is 5.82 Å². The van der Waals surface area contributed by atoms with Crippen LogP contribution in [0.15, 0.2) is 47.5 Å². The van der Waals surface area contributed by atoms with Gasteiger partial charge in [0.1, 0.15) is 28.5 Å². The van der Waals surface area contributed by atoms with Crippen LogP contribution in [0.5, 0.6) is 0 Å². The summed E-state index contributed by atoms with van der Waals surface area (Å²) in [5.41, 5.74) is 4.22. The van der Waals surface area contributed by atoms with Gasteiger partial charge in [0.15, 0.2) is 0 Å². The molecule has 8 heteroatoms. The first-order chi connectivity index (χ1) is 16.1. The largest absolute Gasteiger partial charge is 0.357 e. The summed E-state index contributed by atoms with van der Waals surface area (Å²) < 4.78 is 5.41. The van der Waals surface area contributed by atoms with Gasteiger partial charge in [0.2, 0.25) is 0 Å². The van der Waals surface area contributed by atoms with Gasteiger partial charge in [-0.25, -0.2) is 4.98 Å². The van der Waals surface area contributed by atoms with Crippen LogP contribution in [0.1, 0.15) is 41.8 Å². The van der Waals surface area contributed by atoms with Crippen LogP contribution in [0, 0.1) is 18.3 Å². The number of piperidine rings is 1. The van der Waals surface area contributed by atoms with Gasteiger partial charge in [-0.1, -0.05) is 30.3 Å².